The normalized spacial score (nSPS) is 10.6. The molecule has 2 rings (SSSR count). The molecule has 0 saturated carbocycles. The van der Waals surface area contributed by atoms with E-state index in [1.165, 1.54) is 30.5 Å². The molecule has 0 aliphatic carbocycles. The van der Waals surface area contributed by atoms with E-state index >= 15 is 0 Å². The number of carbonyl (C=O) groups excluding carboxylic acids is 1. The van der Waals surface area contributed by atoms with Crippen molar-refractivity contribution in [2.75, 3.05) is 5.32 Å². The van der Waals surface area contributed by atoms with Crippen LogP contribution >= 0.6 is 23.6 Å². The topological polar surface area (TPSA) is 82.2 Å². The van der Waals surface area contributed by atoms with Crippen LogP contribution in [0.3, 0.4) is 0 Å². The van der Waals surface area contributed by atoms with Gasteiger partial charge in [-0.3, -0.25) is 10.4 Å². The maximum Gasteiger partial charge on any atom is 0.341 e. The van der Waals surface area contributed by atoms with Gasteiger partial charge in [0.25, 0.3) is 0 Å². The Morgan fingerprint density at radius 2 is 2.21 bits per heavy atom. The number of hydrogen-bond donors (Lipinski definition) is 3. The molecule has 2 aromatic rings. The molecule has 3 N–H and O–H groups in total. The van der Waals surface area contributed by atoms with Gasteiger partial charge in [-0.15, -0.1) is 5.10 Å². The standard InChI is InChI=1S/C10H8FN5OS2/c11-7-3-1-6(2-4-7)5-12-14-8(17)13-9-15-16-10(18)19-9/h1-5H,(H,16,18)(H2,13,14,15,17)/b12-5-. The summed E-state index contributed by atoms with van der Waals surface area (Å²) in [5.74, 6) is -0.331. The third kappa shape index (κ3) is 4.23. The van der Waals surface area contributed by atoms with Crippen molar-refractivity contribution in [1.29, 1.82) is 0 Å². The number of benzene rings is 1. The zero-order valence-corrected chi connectivity index (χ0v) is 11.0. The molecule has 0 aliphatic heterocycles. The van der Waals surface area contributed by atoms with Crippen molar-refractivity contribution in [3.05, 3.63) is 39.6 Å². The molecule has 1 aromatic heterocycles. The first kappa shape index (κ1) is 13.3. The van der Waals surface area contributed by atoms with Gasteiger partial charge in [0.2, 0.25) is 5.13 Å². The van der Waals surface area contributed by atoms with Crippen LogP contribution in [0.5, 0.6) is 0 Å². The van der Waals surface area contributed by atoms with Crippen LogP contribution in [0, 0.1) is 9.77 Å². The third-order valence-electron chi connectivity index (χ3n) is 1.91. The largest absolute Gasteiger partial charge is 0.341 e. The molecular weight excluding hydrogens is 289 g/mol. The lowest BCUT2D eigenvalue weighted by atomic mass is 10.2. The summed E-state index contributed by atoms with van der Waals surface area (Å²) in [5.41, 5.74) is 2.91. The number of aromatic nitrogens is 2. The molecule has 98 valence electrons. The lowest BCUT2D eigenvalue weighted by molar-refractivity contribution is 0.252. The van der Waals surface area contributed by atoms with Crippen LogP contribution in [0.1, 0.15) is 5.56 Å². The smallest absolute Gasteiger partial charge is 0.281 e. The highest BCUT2D eigenvalue weighted by Crippen LogP contribution is 2.09. The number of halogens is 1. The highest BCUT2D eigenvalue weighted by Gasteiger charge is 2.02. The number of rotatable bonds is 3. The second-order valence-corrected chi connectivity index (χ2v) is 4.96. The first-order valence-electron chi connectivity index (χ1n) is 5.04. The molecule has 0 aliphatic rings. The molecule has 6 nitrogen and oxygen atoms in total. The molecule has 0 fully saturated rings. The number of urea groups is 1. The third-order valence-corrected chi connectivity index (χ3v) is 2.91. The monoisotopic (exact) mass is 297 g/mol. The lowest BCUT2D eigenvalue weighted by Gasteiger charge is -1.98. The molecule has 19 heavy (non-hydrogen) atoms. The quantitative estimate of drug-likeness (QED) is 0.462. The summed E-state index contributed by atoms with van der Waals surface area (Å²) >= 11 is 5.95. The molecule has 0 atom stereocenters. The van der Waals surface area contributed by atoms with Crippen LogP contribution in [-0.2, 0) is 0 Å². The number of hydrazone groups is 1. The summed E-state index contributed by atoms with van der Waals surface area (Å²) in [7, 11) is 0. The Bertz CT molecular complexity index is 648. The summed E-state index contributed by atoms with van der Waals surface area (Å²) in [6.07, 6.45) is 1.39. The first-order chi connectivity index (χ1) is 9.13. The highest BCUT2D eigenvalue weighted by atomic mass is 32.1. The van der Waals surface area contributed by atoms with Gasteiger partial charge in [-0.1, -0.05) is 23.5 Å². The van der Waals surface area contributed by atoms with Crippen molar-refractivity contribution in [3.8, 4) is 0 Å². The van der Waals surface area contributed by atoms with Gasteiger partial charge >= 0.3 is 6.03 Å². The number of nitrogens with zero attached hydrogens (tertiary/aromatic N) is 2. The minimum absolute atomic E-state index is 0.331. The van der Waals surface area contributed by atoms with E-state index in [1.807, 2.05) is 0 Å². The Labute approximate surface area is 116 Å². The van der Waals surface area contributed by atoms with Crippen LogP contribution in [-0.4, -0.2) is 22.4 Å². The van der Waals surface area contributed by atoms with Crippen molar-refractivity contribution >= 4 is 40.9 Å². The Hall–Kier alpha value is -2.13. The average Bonchev–Trinajstić information content (AvgIpc) is 2.77. The number of hydrogen-bond acceptors (Lipinski definition) is 5. The van der Waals surface area contributed by atoms with E-state index in [0.717, 1.165) is 11.3 Å². The van der Waals surface area contributed by atoms with E-state index < -0.39 is 6.03 Å². The summed E-state index contributed by atoms with van der Waals surface area (Å²) in [6.45, 7) is 0. The lowest BCUT2D eigenvalue weighted by Crippen LogP contribution is -2.24. The number of H-pyrrole nitrogens is 1. The Morgan fingerprint density at radius 3 is 2.84 bits per heavy atom. The zero-order valence-electron chi connectivity index (χ0n) is 9.38. The Morgan fingerprint density at radius 1 is 1.47 bits per heavy atom. The SMILES string of the molecule is O=C(N/N=C\c1ccc(F)cc1)Nc1n[nH]c(=S)s1. The second-order valence-electron chi connectivity index (χ2n) is 3.29. The fourth-order valence-corrected chi connectivity index (χ4v) is 1.91. The van der Waals surface area contributed by atoms with E-state index in [2.05, 4.69) is 26.0 Å². The summed E-state index contributed by atoms with van der Waals surface area (Å²) < 4.78 is 13.1. The van der Waals surface area contributed by atoms with Crippen LogP contribution in [0.25, 0.3) is 0 Å². The first-order valence-corrected chi connectivity index (χ1v) is 6.27. The molecule has 1 heterocycles. The average molecular weight is 297 g/mol. The maximum atomic E-state index is 12.6. The molecule has 0 radical (unpaired) electrons. The number of carbonyl (C=O) groups is 1. The van der Waals surface area contributed by atoms with E-state index in [0.29, 0.717) is 14.6 Å². The highest BCUT2D eigenvalue weighted by molar-refractivity contribution is 7.73. The van der Waals surface area contributed by atoms with Crippen LogP contribution in [0.15, 0.2) is 29.4 Å². The van der Waals surface area contributed by atoms with Crippen molar-refractivity contribution in [2.24, 2.45) is 5.10 Å². The van der Waals surface area contributed by atoms with E-state index in [9.17, 15) is 9.18 Å². The summed E-state index contributed by atoms with van der Waals surface area (Å²) in [5, 5.41) is 12.8. The van der Waals surface area contributed by atoms with Gasteiger partial charge < -0.3 is 0 Å². The molecule has 0 saturated heterocycles. The molecule has 0 spiro atoms. The van der Waals surface area contributed by atoms with Gasteiger partial charge in [-0.25, -0.2) is 14.6 Å². The Kier molecular flexibility index (Phi) is 4.31. The molecule has 0 bridgehead atoms. The number of anilines is 1. The number of nitrogens with one attached hydrogen (secondary N) is 3. The zero-order chi connectivity index (χ0) is 13.7. The fraction of sp³-hybridized carbons (Fsp3) is 0. The minimum Gasteiger partial charge on any atom is -0.281 e. The summed E-state index contributed by atoms with van der Waals surface area (Å²) in [4.78, 5) is 11.4. The van der Waals surface area contributed by atoms with Crippen LogP contribution in [0.2, 0.25) is 0 Å². The predicted molar refractivity (Wildman–Crippen MR) is 73.4 cm³/mol. The molecule has 9 heteroatoms. The van der Waals surface area contributed by atoms with Crippen LogP contribution < -0.4 is 10.7 Å². The maximum absolute atomic E-state index is 12.6. The number of aromatic amines is 1. The number of amides is 2. The van der Waals surface area contributed by atoms with Gasteiger partial charge in [0, 0.05) is 0 Å². The van der Waals surface area contributed by atoms with Crippen molar-refractivity contribution < 1.29 is 9.18 Å². The fourth-order valence-electron chi connectivity index (χ4n) is 1.12. The molecular formula is C10H8FN5OS2. The molecule has 2 amide bonds. The van der Waals surface area contributed by atoms with Gasteiger partial charge in [0.1, 0.15) is 5.82 Å². The minimum atomic E-state index is -0.545. The van der Waals surface area contributed by atoms with Crippen molar-refractivity contribution in [2.45, 2.75) is 0 Å². The van der Waals surface area contributed by atoms with Gasteiger partial charge in [0.05, 0.1) is 6.21 Å². The van der Waals surface area contributed by atoms with Crippen molar-refractivity contribution in [1.82, 2.24) is 15.6 Å². The second kappa shape index (κ2) is 6.16. The molecule has 1 aromatic carbocycles. The predicted octanol–water partition coefficient (Wildman–Crippen LogP) is 2.50. The van der Waals surface area contributed by atoms with Crippen LogP contribution in [0.4, 0.5) is 14.3 Å². The van der Waals surface area contributed by atoms with Gasteiger partial charge in [0.15, 0.2) is 3.95 Å². The van der Waals surface area contributed by atoms with Crippen molar-refractivity contribution in [3.63, 3.8) is 0 Å². The van der Waals surface area contributed by atoms with Gasteiger partial charge in [-0.2, -0.15) is 5.10 Å². The molecule has 0 unspecified atom stereocenters. The summed E-state index contributed by atoms with van der Waals surface area (Å²) in [6, 6.07) is 5.14. The van der Waals surface area contributed by atoms with E-state index in [-0.39, 0.29) is 5.82 Å². The Balaban J connectivity index is 1.86. The van der Waals surface area contributed by atoms with Gasteiger partial charge in [-0.05, 0) is 29.9 Å². The van der Waals surface area contributed by atoms with E-state index in [4.69, 9.17) is 12.2 Å². The van der Waals surface area contributed by atoms with E-state index in [1.54, 1.807) is 0 Å².